The van der Waals surface area contributed by atoms with Crippen LogP contribution in [0.3, 0.4) is 0 Å². The number of benzene rings is 3. The average Bonchev–Trinajstić information content (AvgIpc) is 3.23. The summed E-state index contributed by atoms with van der Waals surface area (Å²) in [5.41, 5.74) is 7.20. The lowest BCUT2D eigenvalue weighted by Gasteiger charge is -2.22. The van der Waals surface area contributed by atoms with Crippen molar-refractivity contribution in [1.29, 1.82) is 0 Å². The monoisotopic (exact) mass is 586 g/mol. The normalized spacial score (nSPS) is 19.3. The summed E-state index contributed by atoms with van der Waals surface area (Å²) in [6, 6.07) is 21.2. The van der Waals surface area contributed by atoms with Crippen molar-refractivity contribution in [2.24, 2.45) is 4.99 Å². The first kappa shape index (κ1) is 26.4. The molecule has 6 nitrogen and oxygen atoms in total. The SMILES string of the molecule is CC[N+]1=C2C=CC(NC(=S)NC3N=C(c4ccccc4Cl)c4cc(Cl)ccc4N(C)C3=O)=CC2c2ccccc21. The van der Waals surface area contributed by atoms with Crippen molar-refractivity contribution in [1.82, 2.24) is 10.6 Å². The van der Waals surface area contributed by atoms with Gasteiger partial charge in [-0.2, -0.15) is 4.58 Å². The number of thiocarbonyl (C=S) groups is 1. The predicted molar refractivity (Wildman–Crippen MR) is 166 cm³/mol. The molecule has 1 aliphatic carbocycles. The Morgan fingerprint density at radius 1 is 1.05 bits per heavy atom. The summed E-state index contributed by atoms with van der Waals surface area (Å²) >= 11 is 18.6. The first-order valence-electron chi connectivity index (χ1n) is 13.0. The molecular weight excluding hydrogens is 561 g/mol. The summed E-state index contributed by atoms with van der Waals surface area (Å²) in [4.78, 5) is 20.0. The quantitative estimate of drug-likeness (QED) is 0.293. The molecule has 0 aromatic heterocycles. The summed E-state index contributed by atoms with van der Waals surface area (Å²) in [6.07, 6.45) is 5.30. The van der Waals surface area contributed by atoms with E-state index in [0.29, 0.717) is 32.6 Å². The highest BCUT2D eigenvalue weighted by molar-refractivity contribution is 7.80. The number of anilines is 1. The number of halogens is 2. The van der Waals surface area contributed by atoms with Gasteiger partial charge >= 0.3 is 0 Å². The van der Waals surface area contributed by atoms with Gasteiger partial charge in [0, 0.05) is 51.6 Å². The Kier molecular flexibility index (Phi) is 7.04. The molecule has 2 aliphatic heterocycles. The first-order valence-corrected chi connectivity index (χ1v) is 14.1. The number of rotatable bonds is 4. The summed E-state index contributed by atoms with van der Waals surface area (Å²) < 4.78 is 2.33. The third kappa shape index (κ3) is 4.64. The zero-order valence-electron chi connectivity index (χ0n) is 21.9. The molecule has 0 fully saturated rings. The molecule has 0 radical (unpaired) electrons. The zero-order valence-corrected chi connectivity index (χ0v) is 24.2. The second-order valence-corrected chi connectivity index (χ2v) is 10.9. The van der Waals surface area contributed by atoms with Gasteiger partial charge in [-0.1, -0.05) is 59.6 Å². The Morgan fingerprint density at radius 2 is 1.82 bits per heavy atom. The van der Waals surface area contributed by atoms with Gasteiger partial charge in [-0.25, -0.2) is 4.99 Å². The van der Waals surface area contributed by atoms with E-state index in [4.69, 9.17) is 40.4 Å². The third-order valence-corrected chi connectivity index (χ3v) is 8.13. The fraction of sp³-hybridized carbons (Fsp3) is 0.161. The first-order chi connectivity index (χ1) is 19.4. The number of nitrogens with one attached hydrogen (secondary N) is 2. The smallest absolute Gasteiger partial charge is 0.272 e. The highest BCUT2D eigenvalue weighted by Gasteiger charge is 2.37. The van der Waals surface area contributed by atoms with E-state index in [0.717, 1.165) is 12.2 Å². The Balaban J connectivity index is 1.30. The number of benzodiazepines with no additional fused rings is 1. The molecule has 2 heterocycles. The topological polar surface area (TPSA) is 59.7 Å². The number of hydrogen-bond donors (Lipinski definition) is 2. The van der Waals surface area contributed by atoms with Gasteiger partial charge in [-0.15, -0.1) is 0 Å². The number of hydrogen-bond acceptors (Lipinski definition) is 3. The van der Waals surface area contributed by atoms with Gasteiger partial charge in [0.05, 0.1) is 17.3 Å². The number of carbonyl (C=O) groups excluding carboxylic acids is 1. The van der Waals surface area contributed by atoms with Gasteiger partial charge in [-0.05, 0) is 55.6 Å². The molecule has 0 saturated heterocycles. The lowest BCUT2D eigenvalue weighted by molar-refractivity contribution is -0.432. The van der Waals surface area contributed by atoms with E-state index < -0.39 is 6.17 Å². The van der Waals surface area contributed by atoms with Crippen molar-refractivity contribution in [3.63, 3.8) is 0 Å². The number of likely N-dealkylation sites (N-methyl/N-ethyl adjacent to an activating group) is 1. The lowest BCUT2D eigenvalue weighted by atomic mass is 9.91. The van der Waals surface area contributed by atoms with Crippen molar-refractivity contribution < 1.29 is 9.37 Å². The fourth-order valence-electron chi connectivity index (χ4n) is 5.48. The van der Waals surface area contributed by atoms with E-state index in [2.05, 4.69) is 58.6 Å². The van der Waals surface area contributed by atoms with Gasteiger partial charge in [0.15, 0.2) is 10.8 Å². The Bertz CT molecular complexity index is 1690. The van der Waals surface area contributed by atoms with Crippen LogP contribution in [0.1, 0.15) is 29.5 Å². The largest absolute Gasteiger partial charge is 0.333 e. The van der Waals surface area contributed by atoms with Crippen LogP contribution >= 0.6 is 35.4 Å². The molecule has 0 bridgehead atoms. The van der Waals surface area contributed by atoms with Gasteiger partial charge in [0.25, 0.3) is 5.91 Å². The highest BCUT2D eigenvalue weighted by Crippen LogP contribution is 2.38. The molecule has 3 aliphatic rings. The molecule has 6 rings (SSSR count). The Hall–Kier alpha value is -3.78. The number of carbonyl (C=O) groups is 1. The molecule has 3 aromatic rings. The predicted octanol–water partition coefficient (Wildman–Crippen LogP) is 5.95. The molecule has 0 spiro atoms. The number of para-hydroxylation sites is 1. The molecule has 0 saturated carbocycles. The number of fused-ring (bicyclic) bond motifs is 4. The molecule has 200 valence electrons. The van der Waals surface area contributed by atoms with E-state index in [1.54, 1.807) is 30.1 Å². The molecule has 3 aromatic carbocycles. The van der Waals surface area contributed by atoms with Crippen LogP contribution in [-0.4, -0.2) is 46.8 Å². The number of aliphatic imine (C=N–C) groups is 1. The van der Waals surface area contributed by atoms with E-state index in [1.807, 2.05) is 30.3 Å². The summed E-state index contributed by atoms with van der Waals surface area (Å²) in [5, 5.41) is 7.74. The molecule has 9 heteroatoms. The fourth-order valence-corrected chi connectivity index (χ4v) is 6.10. The number of nitrogens with zero attached hydrogens (tertiary/aromatic N) is 3. The molecular formula is C31H26Cl2N5OS+. The summed E-state index contributed by atoms with van der Waals surface area (Å²) in [7, 11) is 1.71. The second-order valence-electron chi connectivity index (χ2n) is 9.68. The Morgan fingerprint density at radius 3 is 2.62 bits per heavy atom. The summed E-state index contributed by atoms with van der Waals surface area (Å²) in [5.74, 6) is -0.136. The van der Waals surface area contributed by atoms with E-state index in [-0.39, 0.29) is 16.9 Å². The van der Waals surface area contributed by atoms with Crippen LogP contribution < -0.4 is 15.5 Å². The standard InChI is InChI=1S/C31H25Cl2N5OS/c1-3-38-26-11-7-5-8-20(26)22-17-19(13-15-27(22)38)34-31(40)36-29-30(39)37(2)25-14-12-18(32)16-23(25)28(35-29)21-9-4-6-10-24(21)33/h4-17,22,29H,3H2,1-2H3,(H-,34,36,40)/p+1. The minimum absolute atomic E-state index is 0.126. The van der Waals surface area contributed by atoms with Gasteiger partial charge in [-0.3, -0.25) is 4.79 Å². The molecule has 1 amide bonds. The lowest BCUT2D eigenvalue weighted by Crippen LogP contribution is -2.49. The van der Waals surface area contributed by atoms with Crippen molar-refractivity contribution in [2.75, 3.05) is 18.5 Å². The van der Waals surface area contributed by atoms with Crippen LogP contribution in [0.4, 0.5) is 11.4 Å². The van der Waals surface area contributed by atoms with Gasteiger partial charge in [0.1, 0.15) is 6.54 Å². The van der Waals surface area contributed by atoms with Crippen LogP contribution in [0.5, 0.6) is 0 Å². The maximum absolute atomic E-state index is 13.6. The van der Waals surface area contributed by atoms with Crippen LogP contribution in [0.15, 0.2) is 95.6 Å². The second kappa shape index (κ2) is 10.7. The van der Waals surface area contributed by atoms with Gasteiger partial charge < -0.3 is 15.5 Å². The summed E-state index contributed by atoms with van der Waals surface area (Å²) in [6.45, 7) is 3.04. The highest BCUT2D eigenvalue weighted by atomic mass is 35.5. The van der Waals surface area contributed by atoms with Crippen molar-refractivity contribution >= 4 is 69.2 Å². The number of allylic oxidation sites excluding steroid dienone is 3. The molecule has 40 heavy (non-hydrogen) atoms. The van der Waals surface area contributed by atoms with Crippen LogP contribution in [0, 0.1) is 0 Å². The maximum atomic E-state index is 13.6. The third-order valence-electron chi connectivity index (χ3n) is 7.34. The minimum Gasteiger partial charge on any atom is -0.333 e. The average molecular weight is 588 g/mol. The molecule has 2 unspecified atom stereocenters. The van der Waals surface area contributed by atoms with Crippen LogP contribution in [0.25, 0.3) is 0 Å². The van der Waals surface area contributed by atoms with Crippen LogP contribution in [-0.2, 0) is 4.79 Å². The van der Waals surface area contributed by atoms with Gasteiger partial charge in [0.2, 0.25) is 11.9 Å². The minimum atomic E-state index is -0.986. The number of amides is 1. The maximum Gasteiger partial charge on any atom is 0.272 e. The molecule has 2 atom stereocenters. The van der Waals surface area contributed by atoms with Crippen molar-refractivity contribution in [3.8, 4) is 0 Å². The van der Waals surface area contributed by atoms with E-state index in [1.165, 1.54) is 17.0 Å². The zero-order chi connectivity index (χ0) is 28.0. The van der Waals surface area contributed by atoms with E-state index in [9.17, 15) is 4.79 Å². The van der Waals surface area contributed by atoms with Crippen molar-refractivity contribution in [3.05, 3.63) is 117 Å². The van der Waals surface area contributed by atoms with E-state index >= 15 is 0 Å². The van der Waals surface area contributed by atoms with Crippen LogP contribution in [0.2, 0.25) is 10.0 Å². The van der Waals surface area contributed by atoms with Crippen molar-refractivity contribution in [2.45, 2.75) is 19.0 Å². The molecule has 2 N–H and O–H groups in total. The Labute approximate surface area is 248 Å².